The Kier molecular flexibility index (Phi) is 3.06. The molecule has 2 atom stereocenters. The van der Waals surface area contributed by atoms with E-state index in [9.17, 15) is 12.3 Å². The maximum Gasteiger partial charge on any atom is 0.304 e. The summed E-state index contributed by atoms with van der Waals surface area (Å²) < 4.78 is 38.0. The highest BCUT2D eigenvalue weighted by molar-refractivity contribution is 7.86. The third-order valence-electron chi connectivity index (χ3n) is 1.95. The minimum absolute atomic E-state index is 0.0606. The van der Waals surface area contributed by atoms with Crippen LogP contribution in [-0.2, 0) is 15.0 Å². The van der Waals surface area contributed by atoms with Gasteiger partial charge >= 0.3 is 10.2 Å². The molecule has 2 unspecified atom stereocenters. The summed E-state index contributed by atoms with van der Waals surface area (Å²) >= 11 is 0. The fourth-order valence-electron chi connectivity index (χ4n) is 1.44. The van der Waals surface area contributed by atoms with Crippen molar-refractivity contribution >= 4 is 10.2 Å². The predicted octanol–water partition coefficient (Wildman–Crippen LogP) is 1.24. The van der Waals surface area contributed by atoms with Crippen molar-refractivity contribution < 1.29 is 17.0 Å². The van der Waals surface area contributed by atoms with Crippen molar-refractivity contribution in [3.63, 3.8) is 0 Å². The fraction of sp³-hybridized carbons (Fsp3) is 1.00. The average molecular weight is 196 g/mol. The van der Waals surface area contributed by atoms with Gasteiger partial charge in [0.05, 0.1) is 12.2 Å². The number of ether oxygens (including phenoxy) is 1. The molecule has 0 aromatic rings. The van der Waals surface area contributed by atoms with Gasteiger partial charge in [-0.15, -0.1) is 3.89 Å². The van der Waals surface area contributed by atoms with Crippen LogP contribution in [-0.4, -0.2) is 26.4 Å². The highest BCUT2D eigenvalue weighted by atomic mass is 32.3. The third-order valence-corrected chi connectivity index (χ3v) is 2.72. The van der Waals surface area contributed by atoms with Crippen LogP contribution in [0.3, 0.4) is 0 Å². The van der Waals surface area contributed by atoms with E-state index in [0.29, 0.717) is 6.42 Å². The van der Waals surface area contributed by atoms with Crippen LogP contribution in [0.1, 0.15) is 26.2 Å². The smallest absolute Gasteiger partial charge is 0.304 e. The van der Waals surface area contributed by atoms with E-state index in [1.165, 1.54) is 0 Å². The van der Waals surface area contributed by atoms with E-state index in [4.69, 9.17) is 4.74 Å². The van der Waals surface area contributed by atoms with E-state index in [1.54, 1.807) is 0 Å². The molecule has 1 aliphatic heterocycles. The quantitative estimate of drug-likeness (QED) is 0.624. The zero-order valence-corrected chi connectivity index (χ0v) is 7.81. The van der Waals surface area contributed by atoms with Gasteiger partial charge in [0, 0.05) is 0 Å². The second-order valence-electron chi connectivity index (χ2n) is 3.21. The first-order valence-electron chi connectivity index (χ1n) is 4.05. The Morgan fingerprint density at radius 2 is 2.17 bits per heavy atom. The van der Waals surface area contributed by atoms with Crippen LogP contribution in [0, 0.1) is 0 Å². The SMILES string of the molecule is CC1CCCC(CS(=O)(=O)F)O1. The Bertz CT molecular complexity index is 237. The molecule has 1 fully saturated rings. The molecular weight excluding hydrogens is 183 g/mol. The van der Waals surface area contributed by atoms with E-state index in [0.717, 1.165) is 12.8 Å². The maximum absolute atomic E-state index is 12.2. The molecule has 3 nitrogen and oxygen atoms in total. The van der Waals surface area contributed by atoms with Gasteiger partial charge in [-0.2, -0.15) is 8.42 Å². The Morgan fingerprint density at radius 3 is 2.67 bits per heavy atom. The Morgan fingerprint density at radius 1 is 1.50 bits per heavy atom. The third kappa shape index (κ3) is 3.49. The van der Waals surface area contributed by atoms with Crippen LogP contribution in [0.5, 0.6) is 0 Å². The van der Waals surface area contributed by atoms with Crippen LogP contribution in [0.2, 0.25) is 0 Å². The standard InChI is InChI=1S/C7H13FO3S/c1-6-3-2-4-7(11-6)5-12(8,9)10/h6-7H,2-5H2,1H3. The lowest BCUT2D eigenvalue weighted by molar-refractivity contribution is -0.0277. The number of hydrogen-bond acceptors (Lipinski definition) is 3. The monoisotopic (exact) mass is 196 g/mol. The summed E-state index contributed by atoms with van der Waals surface area (Å²) in [6, 6.07) is 0. The van der Waals surface area contributed by atoms with Crippen molar-refractivity contribution in [3.05, 3.63) is 0 Å². The summed E-state index contributed by atoms with van der Waals surface area (Å²) in [5.74, 6) is -0.489. The topological polar surface area (TPSA) is 43.4 Å². The minimum Gasteiger partial charge on any atom is -0.374 e. The van der Waals surface area contributed by atoms with E-state index in [1.807, 2.05) is 6.92 Å². The van der Waals surface area contributed by atoms with Crippen LogP contribution in [0.15, 0.2) is 0 Å². The molecule has 1 rings (SSSR count). The van der Waals surface area contributed by atoms with Gasteiger partial charge in [-0.1, -0.05) is 0 Å². The molecule has 0 radical (unpaired) electrons. The number of hydrogen-bond donors (Lipinski definition) is 0. The molecule has 0 spiro atoms. The van der Waals surface area contributed by atoms with Crippen LogP contribution >= 0.6 is 0 Å². The van der Waals surface area contributed by atoms with Gasteiger partial charge < -0.3 is 4.74 Å². The van der Waals surface area contributed by atoms with Gasteiger partial charge in [-0.3, -0.25) is 0 Å². The summed E-state index contributed by atoms with van der Waals surface area (Å²) in [5, 5.41) is 0. The summed E-state index contributed by atoms with van der Waals surface area (Å²) in [5.41, 5.74) is 0. The van der Waals surface area contributed by atoms with E-state index >= 15 is 0 Å². The molecular formula is C7H13FO3S. The minimum atomic E-state index is -4.37. The zero-order chi connectivity index (χ0) is 9.19. The van der Waals surface area contributed by atoms with Crippen molar-refractivity contribution in [2.45, 2.75) is 38.4 Å². The second kappa shape index (κ2) is 3.70. The van der Waals surface area contributed by atoms with Gasteiger partial charge in [-0.25, -0.2) is 0 Å². The molecule has 0 saturated carbocycles. The Balaban J connectivity index is 2.43. The van der Waals surface area contributed by atoms with Gasteiger partial charge in [0.15, 0.2) is 0 Å². The molecule has 72 valence electrons. The molecule has 1 heterocycles. The molecule has 0 aromatic carbocycles. The summed E-state index contributed by atoms with van der Waals surface area (Å²) in [6.07, 6.45) is 2.12. The van der Waals surface area contributed by atoms with Gasteiger partial charge in [0.25, 0.3) is 0 Å². The Labute approximate surface area is 72.1 Å². The van der Waals surface area contributed by atoms with Gasteiger partial charge in [-0.05, 0) is 26.2 Å². The molecule has 1 saturated heterocycles. The lowest BCUT2D eigenvalue weighted by Crippen LogP contribution is -2.30. The molecule has 0 aromatic heterocycles. The highest BCUT2D eigenvalue weighted by Crippen LogP contribution is 2.19. The Hall–Kier alpha value is -0.160. The summed E-state index contributed by atoms with van der Waals surface area (Å²) in [7, 11) is -4.37. The van der Waals surface area contributed by atoms with E-state index in [-0.39, 0.29) is 6.10 Å². The number of halogens is 1. The zero-order valence-electron chi connectivity index (χ0n) is 6.99. The lowest BCUT2D eigenvalue weighted by atomic mass is 10.1. The number of rotatable bonds is 2. The summed E-state index contributed by atoms with van der Waals surface area (Å²) in [6.45, 7) is 1.87. The van der Waals surface area contributed by atoms with Crippen LogP contribution in [0.25, 0.3) is 0 Å². The molecule has 0 bridgehead atoms. The second-order valence-corrected chi connectivity index (χ2v) is 4.62. The van der Waals surface area contributed by atoms with E-state index in [2.05, 4.69) is 0 Å². The molecule has 0 N–H and O–H groups in total. The van der Waals surface area contributed by atoms with E-state index < -0.39 is 22.1 Å². The lowest BCUT2D eigenvalue weighted by Gasteiger charge is -2.26. The van der Waals surface area contributed by atoms with Gasteiger partial charge in [0.2, 0.25) is 0 Å². The fourth-order valence-corrected chi connectivity index (χ4v) is 2.13. The first-order chi connectivity index (χ1) is 5.47. The van der Waals surface area contributed by atoms with Gasteiger partial charge in [0.1, 0.15) is 5.75 Å². The molecule has 0 aliphatic carbocycles. The van der Waals surface area contributed by atoms with Crippen LogP contribution < -0.4 is 0 Å². The maximum atomic E-state index is 12.2. The predicted molar refractivity (Wildman–Crippen MR) is 43.1 cm³/mol. The average Bonchev–Trinajstić information content (AvgIpc) is 1.82. The highest BCUT2D eigenvalue weighted by Gasteiger charge is 2.24. The normalized spacial score (nSPS) is 31.8. The van der Waals surface area contributed by atoms with Crippen molar-refractivity contribution in [3.8, 4) is 0 Å². The van der Waals surface area contributed by atoms with Crippen molar-refractivity contribution in [1.82, 2.24) is 0 Å². The van der Waals surface area contributed by atoms with Crippen LogP contribution in [0.4, 0.5) is 3.89 Å². The van der Waals surface area contributed by atoms with Crippen molar-refractivity contribution in [2.24, 2.45) is 0 Å². The molecule has 0 amide bonds. The largest absolute Gasteiger partial charge is 0.374 e. The first kappa shape index (κ1) is 9.92. The molecule has 5 heteroatoms. The molecule has 1 aliphatic rings. The summed E-state index contributed by atoms with van der Waals surface area (Å²) in [4.78, 5) is 0. The molecule has 12 heavy (non-hydrogen) atoms. The van der Waals surface area contributed by atoms with Crippen molar-refractivity contribution in [2.75, 3.05) is 5.75 Å². The first-order valence-corrected chi connectivity index (χ1v) is 5.60. The van der Waals surface area contributed by atoms with Crippen molar-refractivity contribution in [1.29, 1.82) is 0 Å².